The topological polar surface area (TPSA) is 70.3 Å². The number of rotatable bonds is 7. The van der Waals surface area contributed by atoms with Crippen LogP contribution in [0.2, 0.25) is 0 Å². The van der Waals surface area contributed by atoms with Gasteiger partial charge in [0, 0.05) is 19.0 Å². The summed E-state index contributed by atoms with van der Waals surface area (Å²) in [6.45, 7) is 1.63. The molecule has 1 fully saturated rings. The summed E-state index contributed by atoms with van der Waals surface area (Å²) >= 11 is 3.15. The number of thioether (sulfide) groups is 1. The largest absolute Gasteiger partial charge is 0.374 e. The van der Waals surface area contributed by atoms with Crippen molar-refractivity contribution in [2.24, 2.45) is 0 Å². The first kappa shape index (κ1) is 14.0. The van der Waals surface area contributed by atoms with Gasteiger partial charge in [0.1, 0.15) is 0 Å². The van der Waals surface area contributed by atoms with E-state index >= 15 is 0 Å². The second-order valence-electron chi connectivity index (χ2n) is 4.13. The SMILES string of the molecule is Nc1nnc(SCCCCO[C@H]2CCCCO2)s1. The van der Waals surface area contributed by atoms with Gasteiger partial charge in [-0.3, -0.25) is 0 Å². The van der Waals surface area contributed by atoms with Crippen molar-refractivity contribution in [3.8, 4) is 0 Å². The number of nitrogen functional groups attached to an aromatic ring is 1. The van der Waals surface area contributed by atoms with Crippen molar-refractivity contribution in [3.05, 3.63) is 0 Å². The van der Waals surface area contributed by atoms with E-state index in [-0.39, 0.29) is 6.29 Å². The van der Waals surface area contributed by atoms with E-state index in [1.165, 1.54) is 24.2 Å². The van der Waals surface area contributed by atoms with Gasteiger partial charge in [-0.2, -0.15) is 0 Å². The molecular formula is C11H19N3O2S2. The molecule has 1 aromatic rings. The average Bonchev–Trinajstić information content (AvgIpc) is 2.81. The normalized spacial score (nSPS) is 20.1. The minimum absolute atomic E-state index is 0.0364. The zero-order valence-corrected chi connectivity index (χ0v) is 12.0. The molecule has 2 rings (SSSR count). The van der Waals surface area contributed by atoms with Crippen molar-refractivity contribution in [3.63, 3.8) is 0 Å². The van der Waals surface area contributed by atoms with Crippen LogP contribution < -0.4 is 5.73 Å². The zero-order valence-electron chi connectivity index (χ0n) is 10.3. The standard InChI is InChI=1S/C11H19N3O2S2/c12-10-13-14-11(18-10)17-8-4-3-7-16-9-5-1-2-6-15-9/h9H,1-8H2,(H2,12,13)/t9-/m0/s1. The molecule has 102 valence electrons. The smallest absolute Gasteiger partial charge is 0.203 e. The van der Waals surface area contributed by atoms with E-state index in [1.807, 2.05) is 0 Å². The van der Waals surface area contributed by atoms with Crippen LogP contribution in [0, 0.1) is 0 Å². The maximum absolute atomic E-state index is 5.66. The molecule has 0 amide bonds. The molecule has 0 unspecified atom stereocenters. The van der Waals surface area contributed by atoms with Gasteiger partial charge >= 0.3 is 0 Å². The van der Waals surface area contributed by atoms with E-state index in [0.717, 1.165) is 42.6 Å². The van der Waals surface area contributed by atoms with E-state index in [9.17, 15) is 0 Å². The summed E-state index contributed by atoms with van der Waals surface area (Å²) in [4.78, 5) is 0. The molecular weight excluding hydrogens is 270 g/mol. The van der Waals surface area contributed by atoms with Crippen molar-refractivity contribution >= 4 is 28.2 Å². The molecule has 0 bridgehead atoms. The average molecular weight is 289 g/mol. The lowest BCUT2D eigenvalue weighted by Gasteiger charge is -2.22. The molecule has 0 aliphatic carbocycles. The predicted molar refractivity (Wildman–Crippen MR) is 73.8 cm³/mol. The molecule has 18 heavy (non-hydrogen) atoms. The second-order valence-corrected chi connectivity index (χ2v) is 6.48. The molecule has 7 heteroatoms. The maximum atomic E-state index is 5.66. The predicted octanol–water partition coefficient (Wildman–Crippen LogP) is 2.54. The fraction of sp³-hybridized carbons (Fsp3) is 0.818. The molecule has 0 saturated carbocycles. The Kier molecular flexibility index (Phi) is 6.19. The van der Waals surface area contributed by atoms with Crippen LogP contribution in [-0.2, 0) is 9.47 Å². The summed E-state index contributed by atoms with van der Waals surface area (Å²) in [5.41, 5.74) is 5.51. The first-order chi connectivity index (χ1) is 8.84. The molecule has 2 heterocycles. The highest BCUT2D eigenvalue weighted by molar-refractivity contribution is 8.01. The van der Waals surface area contributed by atoms with Crippen LogP contribution in [0.1, 0.15) is 32.1 Å². The Labute approximate surface area is 115 Å². The monoisotopic (exact) mass is 289 g/mol. The molecule has 0 aromatic carbocycles. The van der Waals surface area contributed by atoms with Crippen LogP contribution in [0.3, 0.4) is 0 Å². The molecule has 1 aliphatic heterocycles. The molecule has 1 aromatic heterocycles. The number of nitrogens with zero attached hydrogens (tertiary/aromatic N) is 2. The van der Waals surface area contributed by atoms with E-state index in [2.05, 4.69) is 10.2 Å². The molecule has 1 atom stereocenters. The molecule has 5 nitrogen and oxygen atoms in total. The maximum Gasteiger partial charge on any atom is 0.203 e. The minimum atomic E-state index is 0.0364. The summed E-state index contributed by atoms with van der Waals surface area (Å²) in [6, 6.07) is 0. The zero-order chi connectivity index (χ0) is 12.6. The van der Waals surface area contributed by atoms with Crippen molar-refractivity contribution in [2.75, 3.05) is 24.7 Å². The molecule has 1 saturated heterocycles. The first-order valence-electron chi connectivity index (χ1n) is 6.29. The third-order valence-electron chi connectivity index (χ3n) is 2.63. The fourth-order valence-corrected chi connectivity index (χ4v) is 3.41. The number of aromatic nitrogens is 2. The van der Waals surface area contributed by atoms with Gasteiger partial charge in [0.2, 0.25) is 5.13 Å². The van der Waals surface area contributed by atoms with E-state index in [0.29, 0.717) is 5.13 Å². The lowest BCUT2D eigenvalue weighted by Crippen LogP contribution is -2.22. The Morgan fingerprint density at radius 2 is 2.33 bits per heavy atom. The van der Waals surface area contributed by atoms with Crippen LogP contribution in [0.25, 0.3) is 0 Å². The minimum Gasteiger partial charge on any atom is -0.374 e. The van der Waals surface area contributed by atoms with Gasteiger partial charge in [-0.1, -0.05) is 23.1 Å². The summed E-state index contributed by atoms with van der Waals surface area (Å²) < 4.78 is 12.1. The lowest BCUT2D eigenvalue weighted by molar-refractivity contribution is -0.162. The van der Waals surface area contributed by atoms with Gasteiger partial charge in [0.15, 0.2) is 10.6 Å². The number of unbranched alkanes of at least 4 members (excludes halogenated alkanes) is 1. The summed E-state index contributed by atoms with van der Waals surface area (Å²) in [6.07, 6.45) is 5.63. The Bertz CT molecular complexity index is 343. The van der Waals surface area contributed by atoms with E-state index < -0.39 is 0 Å². The Morgan fingerprint density at radius 1 is 1.39 bits per heavy atom. The number of nitrogens with two attached hydrogens (primary N) is 1. The van der Waals surface area contributed by atoms with E-state index in [4.69, 9.17) is 15.2 Å². The Morgan fingerprint density at radius 3 is 3.06 bits per heavy atom. The third-order valence-corrected chi connectivity index (χ3v) is 4.60. The van der Waals surface area contributed by atoms with Gasteiger partial charge in [-0.25, -0.2) is 0 Å². The van der Waals surface area contributed by atoms with Crippen LogP contribution in [-0.4, -0.2) is 35.5 Å². The van der Waals surface area contributed by atoms with Gasteiger partial charge in [-0.05, 0) is 32.1 Å². The van der Waals surface area contributed by atoms with Gasteiger partial charge in [0.25, 0.3) is 0 Å². The number of hydrogen-bond acceptors (Lipinski definition) is 7. The summed E-state index contributed by atoms with van der Waals surface area (Å²) in [7, 11) is 0. The quantitative estimate of drug-likeness (QED) is 0.614. The fourth-order valence-electron chi connectivity index (χ4n) is 1.70. The van der Waals surface area contributed by atoms with Gasteiger partial charge < -0.3 is 15.2 Å². The van der Waals surface area contributed by atoms with Crippen molar-refractivity contribution in [1.82, 2.24) is 10.2 Å². The van der Waals surface area contributed by atoms with Gasteiger partial charge in [0.05, 0.1) is 0 Å². The van der Waals surface area contributed by atoms with E-state index in [1.54, 1.807) is 11.8 Å². The molecule has 1 aliphatic rings. The summed E-state index contributed by atoms with van der Waals surface area (Å²) in [5, 5.41) is 8.28. The first-order valence-corrected chi connectivity index (χ1v) is 8.10. The van der Waals surface area contributed by atoms with Gasteiger partial charge in [-0.15, -0.1) is 10.2 Å². The summed E-state index contributed by atoms with van der Waals surface area (Å²) in [5.74, 6) is 1.03. The highest BCUT2D eigenvalue weighted by atomic mass is 32.2. The number of anilines is 1. The molecule has 2 N–H and O–H groups in total. The third kappa shape index (κ3) is 5.09. The number of ether oxygens (including phenoxy) is 2. The second kappa shape index (κ2) is 7.93. The highest BCUT2D eigenvalue weighted by Crippen LogP contribution is 2.24. The molecule has 0 spiro atoms. The Balaban J connectivity index is 1.46. The number of hydrogen-bond donors (Lipinski definition) is 1. The van der Waals surface area contributed by atoms with Crippen LogP contribution in [0.4, 0.5) is 5.13 Å². The van der Waals surface area contributed by atoms with Crippen molar-refractivity contribution in [2.45, 2.75) is 42.7 Å². The highest BCUT2D eigenvalue weighted by Gasteiger charge is 2.13. The van der Waals surface area contributed by atoms with Crippen LogP contribution >= 0.6 is 23.1 Å². The lowest BCUT2D eigenvalue weighted by atomic mass is 10.2. The Hall–Kier alpha value is -0.370. The van der Waals surface area contributed by atoms with Crippen LogP contribution in [0.5, 0.6) is 0 Å². The van der Waals surface area contributed by atoms with Crippen molar-refractivity contribution < 1.29 is 9.47 Å². The van der Waals surface area contributed by atoms with Crippen molar-refractivity contribution in [1.29, 1.82) is 0 Å². The molecule has 0 radical (unpaired) electrons. The van der Waals surface area contributed by atoms with Crippen LogP contribution in [0.15, 0.2) is 4.34 Å².